The molecule has 8 nitrogen and oxygen atoms in total. The van der Waals surface area contributed by atoms with E-state index in [9.17, 15) is 10.1 Å². The van der Waals surface area contributed by atoms with Gasteiger partial charge in [0.05, 0.1) is 4.92 Å². The van der Waals surface area contributed by atoms with Gasteiger partial charge in [-0.15, -0.1) is 0 Å². The molecule has 0 bridgehead atoms. The molecule has 0 unspecified atom stereocenters. The Kier molecular flexibility index (Phi) is 4.10. The van der Waals surface area contributed by atoms with Gasteiger partial charge in [-0.3, -0.25) is 15.5 Å². The lowest BCUT2D eigenvalue weighted by Crippen LogP contribution is -2.22. The highest BCUT2D eigenvalue weighted by Gasteiger charge is 2.26. The summed E-state index contributed by atoms with van der Waals surface area (Å²) in [5.74, 6) is 5.36. The summed E-state index contributed by atoms with van der Waals surface area (Å²) >= 11 is 0. The topological polar surface area (TPSA) is 116 Å². The lowest BCUT2D eigenvalue weighted by molar-refractivity contribution is -0.387. The number of nitrogens with two attached hydrogens (primary N) is 1. The Morgan fingerprint density at radius 1 is 1.37 bits per heavy atom. The second-order valence-corrected chi connectivity index (χ2v) is 4.57. The fourth-order valence-electron chi connectivity index (χ4n) is 2.24. The fraction of sp³-hybridized carbons (Fsp3) is 0.636. The van der Waals surface area contributed by atoms with E-state index in [-0.39, 0.29) is 29.3 Å². The quantitative estimate of drug-likeness (QED) is 0.484. The highest BCUT2D eigenvalue weighted by molar-refractivity contribution is 5.48. The Balaban J connectivity index is 2.29. The van der Waals surface area contributed by atoms with Gasteiger partial charge in [-0.05, 0) is 32.6 Å². The Morgan fingerprint density at radius 3 is 2.63 bits per heavy atom. The molecule has 2 rings (SSSR count). The van der Waals surface area contributed by atoms with Crippen LogP contribution in [0, 0.1) is 17.0 Å². The number of anilines is 1. The predicted octanol–water partition coefficient (Wildman–Crippen LogP) is 1.69. The van der Waals surface area contributed by atoms with E-state index in [1.165, 1.54) is 13.3 Å². The average molecular weight is 267 g/mol. The van der Waals surface area contributed by atoms with Crippen molar-refractivity contribution in [3.8, 4) is 5.88 Å². The van der Waals surface area contributed by atoms with E-state index >= 15 is 0 Å². The van der Waals surface area contributed by atoms with Gasteiger partial charge in [-0.25, -0.2) is 10.8 Å². The number of nitrogens with one attached hydrogen (secondary N) is 1. The molecule has 0 atom stereocenters. The van der Waals surface area contributed by atoms with Crippen LogP contribution in [0.3, 0.4) is 0 Å². The van der Waals surface area contributed by atoms with Crippen LogP contribution in [0.1, 0.15) is 37.8 Å². The van der Waals surface area contributed by atoms with Crippen LogP contribution in [0.5, 0.6) is 5.88 Å². The third kappa shape index (κ3) is 3.08. The second kappa shape index (κ2) is 5.79. The molecule has 1 aromatic rings. The minimum absolute atomic E-state index is 0.00245. The summed E-state index contributed by atoms with van der Waals surface area (Å²) in [6.45, 7) is 1.54. The van der Waals surface area contributed by atoms with Crippen LogP contribution in [0.15, 0.2) is 0 Å². The van der Waals surface area contributed by atoms with Gasteiger partial charge >= 0.3 is 5.69 Å². The summed E-state index contributed by atoms with van der Waals surface area (Å²) in [7, 11) is 0. The lowest BCUT2D eigenvalue weighted by Gasteiger charge is -2.22. The number of hydrogen-bond acceptors (Lipinski definition) is 7. The average Bonchev–Trinajstić information content (AvgIpc) is 2.38. The predicted molar refractivity (Wildman–Crippen MR) is 68.7 cm³/mol. The minimum Gasteiger partial charge on any atom is -0.469 e. The van der Waals surface area contributed by atoms with E-state index < -0.39 is 4.92 Å². The highest BCUT2D eigenvalue weighted by Crippen LogP contribution is 2.31. The third-order valence-corrected chi connectivity index (χ3v) is 3.17. The maximum absolute atomic E-state index is 11.1. The molecule has 0 saturated heterocycles. The first kappa shape index (κ1) is 13.5. The summed E-state index contributed by atoms with van der Waals surface area (Å²) in [6, 6.07) is 0. The zero-order valence-electron chi connectivity index (χ0n) is 10.8. The van der Waals surface area contributed by atoms with Crippen molar-refractivity contribution in [2.45, 2.75) is 45.1 Å². The third-order valence-electron chi connectivity index (χ3n) is 3.17. The first-order valence-electron chi connectivity index (χ1n) is 6.28. The van der Waals surface area contributed by atoms with Gasteiger partial charge < -0.3 is 4.74 Å². The molecule has 0 radical (unpaired) electrons. The number of nitrogens with zero attached hydrogens (tertiary/aromatic N) is 3. The van der Waals surface area contributed by atoms with Crippen molar-refractivity contribution in [1.82, 2.24) is 9.97 Å². The maximum atomic E-state index is 11.1. The zero-order valence-corrected chi connectivity index (χ0v) is 10.8. The molecule has 1 aliphatic carbocycles. The van der Waals surface area contributed by atoms with Crippen molar-refractivity contribution in [3.63, 3.8) is 0 Å². The van der Waals surface area contributed by atoms with Gasteiger partial charge in [0.2, 0.25) is 5.95 Å². The number of hydrogen-bond donors (Lipinski definition) is 2. The molecule has 0 spiro atoms. The van der Waals surface area contributed by atoms with E-state index in [1.54, 1.807) is 0 Å². The van der Waals surface area contributed by atoms with E-state index in [4.69, 9.17) is 10.6 Å². The number of ether oxygens (including phenoxy) is 1. The van der Waals surface area contributed by atoms with Crippen LogP contribution in [0.4, 0.5) is 11.6 Å². The smallest absolute Gasteiger partial charge is 0.352 e. The normalized spacial score (nSPS) is 16.1. The van der Waals surface area contributed by atoms with E-state index in [0.717, 1.165) is 25.7 Å². The number of nitro groups is 1. The van der Waals surface area contributed by atoms with Crippen molar-refractivity contribution in [2.75, 3.05) is 5.43 Å². The molecule has 1 aromatic heterocycles. The Labute approximate surface area is 110 Å². The fourth-order valence-corrected chi connectivity index (χ4v) is 2.24. The van der Waals surface area contributed by atoms with Gasteiger partial charge in [0.25, 0.3) is 5.88 Å². The molecule has 0 amide bonds. The number of rotatable bonds is 4. The number of hydrazine groups is 1. The first-order chi connectivity index (χ1) is 9.11. The SMILES string of the molecule is Cc1nc(NN)nc(OC2CCCCC2)c1[N+](=O)[O-]. The van der Waals surface area contributed by atoms with Crippen LogP contribution >= 0.6 is 0 Å². The van der Waals surface area contributed by atoms with E-state index in [1.807, 2.05) is 0 Å². The monoisotopic (exact) mass is 267 g/mol. The van der Waals surface area contributed by atoms with Crippen LogP contribution in [-0.4, -0.2) is 21.0 Å². The standard InChI is InChI=1S/C11H17N5O3/c1-7-9(16(17)18)10(14-11(13-7)15-12)19-8-5-3-2-4-6-8/h8H,2-6,12H2,1H3,(H,13,14,15). The van der Waals surface area contributed by atoms with Crippen LogP contribution in [-0.2, 0) is 0 Å². The Morgan fingerprint density at radius 2 is 2.05 bits per heavy atom. The minimum atomic E-state index is -0.520. The van der Waals surface area contributed by atoms with E-state index in [0.29, 0.717) is 0 Å². The molecule has 0 aromatic carbocycles. The summed E-state index contributed by atoms with van der Waals surface area (Å²) in [5.41, 5.74) is 2.33. The van der Waals surface area contributed by atoms with E-state index in [2.05, 4.69) is 15.4 Å². The van der Waals surface area contributed by atoms with Gasteiger partial charge in [0.15, 0.2) is 0 Å². The molecule has 1 saturated carbocycles. The van der Waals surface area contributed by atoms with Gasteiger partial charge in [0, 0.05) is 0 Å². The maximum Gasteiger partial charge on any atom is 0.352 e. The number of nitrogen functional groups attached to an aromatic ring is 1. The van der Waals surface area contributed by atoms with Crippen LogP contribution in [0.2, 0.25) is 0 Å². The molecule has 8 heteroatoms. The molecule has 0 aliphatic heterocycles. The largest absolute Gasteiger partial charge is 0.469 e. The van der Waals surface area contributed by atoms with Gasteiger partial charge in [-0.2, -0.15) is 4.98 Å². The number of aromatic nitrogens is 2. The van der Waals surface area contributed by atoms with Crippen molar-refractivity contribution in [3.05, 3.63) is 15.8 Å². The van der Waals surface area contributed by atoms with Gasteiger partial charge in [-0.1, -0.05) is 6.42 Å². The first-order valence-corrected chi connectivity index (χ1v) is 6.28. The van der Waals surface area contributed by atoms with Crippen molar-refractivity contribution < 1.29 is 9.66 Å². The second-order valence-electron chi connectivity index (χ2n) is 4.57. The Bertz CT molecular complexity index is 474. The summed E-state index contributed by atoms with van der Waals surface area (Å²) in [6.07, 6.45) is 5.10. The van der Waals surface area contributed by atoms with Crippen molar-refractivity contribution >= 4 is 11.6 Å². The summed E-state index contributed by atoms with van der Waals surface area (Å²) in [4.78, 5) is 18.4. The van der Waals surface area contributed by atoms with Crippen molar-refractivity contribution in [2.24, 2.45) is 5.84 Å². The molecule has 1 heterocycles. The molecular weight excluding hydrogens is 250 g/mol. The molecule has 1 fully saturated rings. The highest BCUT2D eigenvalue weighted by atomic mass is 16.6. The summed E-state index contributed by atoms with van der Waals surface area (Å²) in [5, 5.41) is 11.1. The Hall–Kier alpha value is -1.96. The molecule has 3 N–H and O–H groups in total. The molecular formula is C11H17N5O3. The molecule has 1 aliphatic rings. The zero-order chi connectivity index (χ0) is 13.8. The van der Waals surface area contributed by atoms with Crippen molar-refractivity contribution in [1.29, 1.82) is 0 Å². The summed E-state index contributed by atoms with van der Waals surface area (Å²) < 4.78 is 5.68. The van der Waals surface area contributed by atoms with Gasteiger partial charge in [0.1, 0.15) is 11.8 Å². The van der Waals surface area contributed by atoms with Crippen LogP contribution in [0.25, 0.3) is 0 Å². The molecule has 19 heavy (non-hydrogen) atoms. The molecule has 104 valence electrons. The van der Waals surface area contributed by atoms with Crippen LogP contribution < -0.4 is 16.0 Å². The number of aryl methyl sites for hydroxylation is 1. The lowest BCUT2D eigenvalue weighted by atomic mass is 9.98.